The number of hydrogen-bond acceptors (Lipinski definition) is 3. The molecule has 1 fully saturated rings. The SMILES string of the molecule is CCN(c1ccccc1)S(=O)(=O)c1ccc(NC(=O)C2CC2C)cc1. The molecule has 0 heterocycles. The molecule has 25 heavy (non-hydrogen) atoms. The van der Waals surface area contributed by atoms with Gasteiger partial charge in [-0.05, 0) is 55.7 Å². The Kier molecular flexibility index (Phi) is 4.81. The van der Waals surface area contributed by atoms with Gasteiger partial charge in [0, 0.05) is 18.2 Å². The molecule has 0 bridgehead atoms. The fourth-order valence-corrected chi connectivity index (χ4v) is 4.32. The van der Waals surface area contributed by atoms with Crippen molar-refractivity contribution in [1.29, 1.82) is 0 Å². The van der Waals surface area contributed by atoms with Gasteiger partial charge in [0.25, 0.3) is 10.0 Å². The lowest BCUT2D eigenvalue weighted by Crippen LogP contribution is -2.30. The molecule has 1 N–H and O–H groups in total. The zero-order valence-corrected chi connectivity index (χ0v) is 15.2. The molecule has 0 aromatic heterocycles. The molecule has 5 nitrogen and oxygen atoms in total. The molecule has 0 saturated heterocycles. The first-order chi connectivity index (χ1) is 11.9. The van der Waals surface area contributed by atoms with Crippen LogP contribution < -0.4 is 9.62 Å². The van der Waals surface area contributed by atoms with Crippen LogP contribution in [0.1, 0.15) is 20.3 Å². The molecule has 0 radical (unpaired) electrons. The molecule has 0 aliphatic heterocycles. The minimum Gasteiger partial charge on any atom is -0.326 e. The van der Waals surface area contributed by atoms with Crippen molar-refractivity contribution in [2.24, 2.45) is 11.8 Å². The molecule has 1 amide bonds. The van der Waals surface area contributed by atoms with Crippen LogP contribution in [0.4, 0.5) is 11.4 Å². The van der Waals surface area contributed by atoms with Gasteiger partial charge in [0.1, 0.15) is 0 Å². The predicted octanol–water partition coefficient (Wildman–Crippen LogP) is 3.50. The lowest BCUT2D eigenvalue weighted by atomic mass is 10.3. The van der Waals surface area contributed by atoms with Crippen molar-refractivity contribution in [1.82, 2.24) is 0 Å². The number of carbonyl (C=O) groups excluding carboxylic acids is 1. The lowest BCUT2D eigenvalue weighted by molar-refractivity contribution is -0.117. The third-order valence-corrected chi connectivity index (χ3v) is 6.40. The summed E-state index contributed by atoms with van der Waals surface area (Å²) >= 11 is 0. The maximum Gasteiger partial charge on any atom is 0.264 e. The van der Waals surface area contributed by atoms with Crippen molar-refractivity contribution in [3.05, 3.63) is 54.6 Å². The van der Waals surface area contributed by atoms with E-state index in [1.165, 1.54) is 16.4 Å². The fraction of sp³-hybridized carbons (Fsp3) is 0.316. The fourth-order valence-electron chi connectivity index (χ4n) is 2.85. The van der Waals surface area contributed by atoms with E-state index in [2.05, 4.69) is 5.32 Å². The Morgan fingerprint density at radius 3 is 2.24 bits per heavy atom. The van der Waals surface area contributed by atoms with Gasteiger partial charge < -0.3 is 5.32 Å². The largest absolute Gasteiger partial charge is 0.326 e. The minimum atomic E-state index is -3.64. The molecule has 6 heteroatoms. The van der Waals surface area contributed by atoms with E-state index in [9.17, 15) is 13.2 Å². The van der Waals surface area contributed by atoms with Crippen molar-refractivity contribution < 1.29 is 13.2 Å². The average molecular weight is 358 g/mol. The Morgan fingerprint density at radius 1 is 1.12 bits per heavy atom. The van der Waals surface area contributed by atoms with Gasteiger partial charge >= 0.3 is 0 Å². The van der Waals surface area contributed by atoms with Crippen LogP contribution in [-0.4, -0.2) is 20.9 Å². The molecule has 132 valence electrons. The van der Waals surface area contributed by atoms with Crippen LogP contribution in [0.2, 0.25) is 0 Å². The van der Waals surface area contributed by atoms with Crippen LogP contribution >= 0.6 is 0 Å². The zero-order valence-electron chi connectivity index (χ0n) is 14.3. The molecular weight excluding hydrogens is 336 g/mol. The van der Waals surface area contributed by atoms with E-state index in [1.54, 1.807) is 31.2 Å². The van der Waals surface area contributed by atoms with Crippen LogP contribution in [-0.2, 0) is 14.8 Å². The maximum atomic E-state index is 12.9. The summed E-state index contributed by atoms with van der Waals surface area (Å²) in [5, 5.41) is 2.84. The summed E-state index contributed by atoms with van der Waals surface area (Å²) in [6.07, 6.45) is 0.917. The topological polar surface area (TPSA) is 66.5 Å². The van der Waals surface area contributed by atoms with Gasteiger partial charge in [0.15, 0.2) is 0 Å². The highest BCUT2D eigenvalue weighted by molar-refractivity contribution is 7.92. The first-order valence-electron chi connectivity index (χ1n) is 8.42. The Balaban J connectivity index is 1.79. The third kappa shape index (κ3) is 3.69. The van der Waals surface area contributed by atoms with Crippen LogP contribution in [0.15, 0.2) is 59.5 Å². The van der Waals surface area contributed by atoms with Gasteiger partial charge in [-0.1, -0.05) is 25.1 Å². The highest BCUT2D eigenvalue weighted by Gasteiger charge is 2.39. The standard InChI is InChI=1S/C19H22N2O3S/c1-3-21(16-7-5-4-6-8-16)25(23,24)17-11-9-15(10-12-17)20-19(22)18-13-14(18)2/h4-12,14,18H,3,13H2,1-2H3,(H,20,22). The van der Waals surface area contributed by atoms with E-state index >= 15 is 0 Å². The summed E-state index contributed by atoms with van der Waals surface area (Å²) in [6.45, 7) is 4.18. The smallest absolute Gasteiger partial charge is 0.264 e. The molecule has 2 atom stereocenters. The number of carbonyl (C=O) groups is 1. The number of benzene rings is 2. The molecule has 2 unspecified atom stereocenters. The number of nitrogens with one attached hydrogen (secondary N) is 1. The Hall–Kier alpha value is -2.34. The van der Waals surface area contributed by atoms with Gasteiger partial charge in [0.2, 0.25) is 5.91 Å². The first kappa shape index (κ1) is 17.5. The van der Waals surface area contributed by atoms with E-state index in [4.69, 9.17) is 0 Å². The van der Waals surface area contributed by atoms with Crippen molar-refractivity contribution in [3.63, 3.8) is 0 Å². The number of hydrogen-bond donors (Lipinski definition) is 1. The Morgan fingerprint density at radius 2 is 1.72 bits per heavy atom. The summed E-state index contributed by atoms with van der Waals surface area (Å²) in [7, 11) is -3.64. The van der Waals surface area contributed by atoms with E-state index in [-0.39, 0.29) is 16.7 Å². The number of amides is 1. The Labute approximate surface area is 148 Å². The maximum absolute atomic E-state index is 12.9. The normalized spacial score (nSPS) is 19.3. The minimum absolute atomic E-state index is 0.00239. The summed E-state index contributed by atoms with van der Waals surface area (Å²) in [5.74, 6) is 0.517. The second-order valence-electron chi connectivity index (χ2n) is 6.34. The Bertz CT molecular complexity index is 848. The number of nitrogens with zero attached hydrogens (tertiary/aromatic N) is 1. The second-order valence-corrected chi connectivity index (χ2v) is 8.20. The molecule has 0 spiro atoms. The van der Waals surface area contributed by atoms with E-state index in [0.29, 0.717) is 23.8 Å². The summed E-state index contributed by atoms with van der Waals surface area (Å²) in [6, 6.07) is 15.4. The molecule has 1 saturated carbocycles. The highest BCUT2D eigenvalue weighted by Crippen LogP contribution is 2.38. The van der Waals surface area contributed by atoms with Gasteiger partial charge in [-0.25, -0.2) is 8.42 Å². The van der Waals surface area contributed by atoms with Crippen LogP contribution in [0.25, 0.3) is 0 Å². The summed E-state index contributed by atoms with van der Waals surface area (Å²) in [4.78, 5) is 12.2. The van der Waals surface area contributed by atoms with E-state index in [0.717, 1.165) is 6.42 Å². The average Bonchev–Trinajstić information content (AvgIpc) is 3.34. The lowest BCUT2D eigenvalue weighted by Gasteiger charge is -2.23. The van der Waals surface area contributed by atoms with Crippen molar-refractivity contribution in [2.75, 3.05) is 16.2 Å². The molecule has 3 rings (SSSR count). The van der Waals surface area contributed by atoms with Gasteiger partial charge in [-0.2, -0.15) is 0 Å². The molecule has 2 aromatic rings. The van der Waals surface area contributed by atoms with Crippen LogP contribution in [0, 0.1) is 11.8 Å². The van der Waals surface area contributed by atoms with Gasteiger partial charge in [-0.15, -0.1) is 0 Å². The predicted molar refractivity (Wildman–Crippen MR) is 99.0 cm³/mol. The molecule has 1 aliphatic carbocycles. The number of anilines is 2. The van der Waals surface area contributed by atoms with Crippen LogP contribution in [0.5, 0.6) is 0 Å². The van der Waals surface area contributed by atoms with Crippen LogP contribution in [0.3, 0.4) is 0 Å². The zero-order chi connectivity index (χ0) is 18.0. The van der Waals surface area contributed by atoms with Crippen molar-refractivity contribution >= 4 is 27.3 Å². The van der Waals surface area contributed by atoms with Gasteiger partial charge in [-0.3, -0.25) is 9.10 Å². The van der Waals surface area contributed by atoms with Crippen molar-refractivity contribution in [2.45, 2.75) is 25.2 Å². The molecule has 1 aliphatic rings. The highest BCUT2D eigenvalue weighted by atomic mass is 32.2. The number of rotatable bonds is 6. The quantitative estimate of drug-likeness (QED) is 0.859. The van der Waals surface area contributed by atoms with E-state index in [1.807, 2.05) is 25.1 Å². The van der Waals surface area contributed by atoms with Gasteiger partial charge in [0.05, 0.1) is 10.6 Å². The second kappa shape index (κ2) is 6.88. The molecular formula is C19H22N2O3S. The summed E-state index contributed by atoms with van der Waals surface area (Å²) < 4.78 is 27.2. The van der Waals surface area contributed by atoms with E-state index < -0.39 is 10.0 Å². The number of para-hydroxylation sites is 1. The van der Waals surface area contributed by atoms with Crippen molar-refractivity contribution in [3.8, 4) is 0 Å². The number of sulfonamides is 1. The monoisotopic (exact) mass is 358 g/mol. The first-order valence-corrected chi connectivity index (χ1v) is 9.86. The molecule has 2 aromatic carbocycles. The summed E-state index contributed by atoms with van der Waals surface area (Å²) in [5.41, 5.74) is 1.25. The third-order valence-electron chi connectivity index (χ3n) is 4.49.